The molecule has 0 radical (unpaired) electrons. The third-order valence-corrected chi connectivity index (χ3v) is 7.09. The molecule has 0 amide bonds. The van der Waals surface area contributed by atoms with Crippen molar-refractivity contribution in [1.29, 1.82) is 0 Å². The third kappa shape index (κ3) is 6.57. The zero-order chi connectivity index (χ0) is 24.1. The number of alkyl halides is 3. The van der Waals surface area contributed by atoms with E-state index in [0.717, 1.165) is 12.1 Å². The maximum atomic E-state index is 12.9. The fourth-order valence-electron chi connectivity index (χ4n) is 3.42. The van der Waals surface area contributed by atoms with Crippen molar-refractivity contribution in [2.45, 2.75) is 30.5 Å². The second-order valence-corrected chi connectivity index (χ2v) is 9.64. The van der Waals surface area contributed by atoms with E-state index >= 15 is 0 Å². The van der Waals surface area contributed by atoms with Crippen molar-refractivity contribution in [1.82, 2.24) is 10.0 Å². The highest BCUT2D eigenvalue weighted by Crippen LogP contribution is 2.33. The molecule has 0 fully saturated rings. The van der Waals surface area contributed by atoms with Crippen LogP contribution in [0, 0.1) is 0 Å². The zero-order valence-electron chi connectivity index (χ0n) is 17.9. The summed E-state index contributed by atoms with van der Waals surface area (Å²) in [5.74, 6) is 0. The van der Waals surface area contributed by atoms with Crippen molar-refractivity contribution in [2.75, 3.05) is 13.1 Å². The highest BCUT2D eigenvalue weighted by molar-refractivity contribution is 7.89. The standard InChI is InChI=1S/C24H24ClF3N2O2S/c1-17(20-11-7-9-18-8-3-4-10-21(18)20)29-14-5-2-6-15-30-33(31,32)23-16-19(24(26,27)28)12-13-22(23)25/h2-5,7-13,16-17,29-30H,6,14-15H2,1H3/b5-2+/t17-/m1/s1. The van der Waals surface area contributed by atoms with Crippen LogP contribution >= 0.6 is 11.6 Å². The van der Waals surface area contributed by atoms with Gasteiger partial charge in [-0.15, -0.1) is 0 Å². The molecule has 176 valence electrons. The van der Waals surface area contributed by atoms with Gasteiger partial charge in [0.1, 0.15) is 4.90 Å². The predicted molar refractivity (Wildman–Crippen MR) is 126 cm³/mol. The van der Waals surface area contributed by atoms with Gasteiger partial charge in [-0.2, -0.15) is 13.2 Å². The van der Waals surface area contributed by atoms with Crippen molar-refractivity contribution in [3.05, 3.63) is 89.0 Å². The number of halogens is 4. The molecule has 3 rings (SSSR count). The Morgan fingerprint density at radius 2 is 1.76 bits per heavy atom. The van der Waals surface area contributed by atoms with E-state index in [1.165, 1.54) is 16.3 Å². The summed E-state index contributed by atoms with van der Waals surface area (Å²) in [5, 5.41) is 5.50. The van der Waals surface area contributed by atoms with E-state index in [2.05, 4.69) is 41.2 Å². The van der Waals surface area contributed by atoms with Crippen LogP contribution in [0.25, 0.3) is 10.8 Å². The lowest BCUT2D eigenvalue weighted by Crippen LogP contribution is -2.25. The average molecular weight is 497 g/mol. The van der Waals surface area contributed by atoms with Crippen LogP contribution in [0.4, 0.5) is 13.2 Å². The summed E-state index contributed by atoms with van der Waals surface area (Å²) in [6, 6.07) is 16.7. The summed E-state index contributed by atoms with van der Waals surface area (Å²) < 4.78 is 65.7. The monoisotopic (exact) mass is 496 g/mol. The quantitative estimate of drug-likeness (QED) is 0.278. The van der Waals surface area contributed by atoms with Crippen LogP contribution in [0.15, 0.2) is 77.7 Å². The Morgan fingerprint density at radius 3 is 2.52 bits per heavy atom. The van der Waals surface area contributed by atoms with E-state index in [1.807, 2.05) is 24.3 Å². The number of hydrogen-bond donors (Lipinski definition) is 2. The third-order valence-electron chi connectivity index (χ3n) is 5.15. The van der Waals surface area contributed by atoms with E-state index in [0.29, 0.717) is 19.0 Å². The first kappa shape index (κ1) is 25.2. The molecule has 0 unspecified atom stereocenters. The van der Waals surface area contributed by atoms with Gasteiger partial charge in [-0.3, -0.25) is 0 Å². The van der Waals surface area contributed by atoms with Gasteiger partial charge < -0.3 is 5.32 Å². The van der Waals surface area contributed by atoms with Crippen molar-refractivity contribution < 1.29 is 21.6 Å². The van der Waals surface area contributed by atoms with Crippen molar-refractivity contribution in [3.8, 4) is 0 Å². The van der Waals surface area contributed by atoms with Gasteiger partial charge in [-0.1, -0.05) is 66.2 Å². The Morgan fingerprint density at radius 1 is 1.03 bits per heavy atom. The maximum Gasteiger partial charge on any atom is 0.416 e. The summed E-state index contributed by atoms with van der Waals surface area (Å²) in [4.78, 5) is -0.589. The van der Waals surface area contributed by atoms with Gasteiger partial charge in [0.2, 0.25) is 10.0 Å². The number of benzene rings is 3. The van der Waals surface area contributed by atoms with Gasteiger partial charge in [0, 0.05) is 19.1 Å². The fraction of sp³-hybridized carbons (Fsp3) is 0.250. The minimum atomic E-state index is -4.66. The zero-order valence-corrected chi connectivity index (χ0v) is 19.4. The summed E-state index contributed by atoms with van der Waals surface area (Å²) in [7, 11) is -4.17. The normalized spacial score (nSPS) is 13.6. The highest BCUT2D eigenvalue weighted by Gasteiger charge is 2.32. The second-order valence-electron chi connectivity index (χ2n) is 7.50. The SMILES string of the molecule is C[C@@H](NC/C=C/CCNS(=O)(=O)c1cc(C(F)(F)F)ccc1Cl)c1cccc2ccccc12. The molecule has 9 heteroatoms. The largest absolute Gasteiger partial charge is 0.416 e. The number of nitrogens with one attached hydrogen (secondary N) is 2. The van der Waals surface area contributed by atoms with Crippen LogP contribution in [-0.4, -0.2) is 21.5 Å². The smallest absolute Gasteiger partial charge is 0.307 e. The minimum Gasteiger partial charge on any atom is -0.307 e. The molecule has 0 aliphatic carbocycles. The summed E-state index contributed by atoms with van der Waals surface area (Å²) in [5.41, 5.74) is 0.116. The summed E-state index contributed by atoms with van der Waals surface area (Å²) in [6.45, 7) is 2.68. The molecule has 1 atom stereocenters. The Labute approximate surface area is 196 Å². The van der Waals surface area contributed by atoms with E-state index < -0.39 is 26.7 Å². The van der Waals surface area contributed by atoms with E-state index in [-0.39, 0.29) is 17.6 Å². The molecule has 0 aliphatic rings. The Balaban J connectivity index is 1.50. The van der Waals surface area contributed by atoms with Gasteiger partial charge in [0.25, 0.3) is 0 Å². The Bertz CT molecular complexity index is 1240. The average Bonchev–Trinajstić information content (AvgIpc) is 2.77. The first-order valence-corrected chi connectivity index (χ1v) is 12.2. The van der Waals surface area contributed by atoms with E-state index in [4.69, 9.17) is 11.6 Å². The lowest BCUT2D eigenvalue weighted by Gasteiger charge is -2.15. The van der Waals surface area contributed by atoms with Crippen molar-refractivity contribution in [3.63, 3.8) is 0 Å². The lowest BCUT2D eigenvalue weighted by molar-refractivity contribution is -0.137. The summed E-state index contributed by atoms with van der Waals surface area (Å²) in [6.07, 6.45) is -0.597. The molecular formula is C24H24ClF3N2O2S. The van der Waals surface area contributed by atoms with E-state index in [1.54, 1.807) is 6.08 Å². The highest BCUT2D eigenvalue weighted by atomic mass is 35.5. The van der Waals surface area contributed by atoms with Crippen LogP contribution in [0.2, 0.25) is 5.02 Å². The predicted octanol–water partition coefficient (Wildman–Crippen LogP) is 6.09. The van der Waals surface area contributed by atoms with Crippen LogP contribution in [0.5, 0.6) is 0 Å². The molecule has 3 aromatic rings. The molecule has 0 saturated heterocycles. The topological polar surface area (TPSA) is 58.2 Å². The fourth-order valence-corrected chi connectivity index (χ4v) is 5.00. The summed E-state index contributed by atoms with van der Waals surface area (Å²) >= 11 is 5.82. The molecule has 0 spiro atoms. The van der Waals surface area contributed by atoms with Crippen molar-refractivity contribution in [2.24, 2.45) is 0 Å². The molecule has 0 aromatic heterocycles. The number of fused-ring (bicyclic) bond motifs is 1. The van der Waals surface area contributed by atoms with Gasteiger partial charge in [-0.05, 0) is 47.9 Å². The number of hydrogen-bond acceptors (Lipinski definition) is 3. The van der Waals surface area contributed by atoms with Gasteiger partial charge >= 0.3 is 6.18 Å². The van der Waals surface area contributed by atoms with Gasteiger partial charge in [-0.25, -0.2) is 13.1 Å². The molecule has 2 N–H and O–H groups in total. The van der Waals surface area contributed by atoms with Gasteiger partial charge in [0.05, 0.1) is 10.6 Å². The molecular weight excluding hydrogens is 473 g/mol. The van der Waals surface area contributed by atoms with E-state index in [9.17, 15) is 21.6 Å². The molecule has 0 saturated carbocycles. The molecule has 3 aromatic carbocycles. The first-order valence-electron chi connectivity index (χ1n) is 10.3. The van der Waals surface area contributed by atoms with Crippen LogP contribution < -0.4 is 10.0 Å². The number of sulfonamides is 1. The van der Waals surface area contributed by atoms with Gasteiger partial charge in [0.15, 0.2) is 0 Å². The molecule has 0 heterocycles. The molecule has 0 bridgehead atoms. The lowest BCUT2D eigenvalue weighted by atomic mass is 10.00. The Kier molecular flexibility index (Phi) is 8.18. The van der Waals surface area contributed by atoms with Crippen LogP contribution in [0.3, 0.4) is 0 Å². The second kappa shape index (κ2) is 10.7. The van der Waals surface area contributed by atoms with Crippen molar-refractivity contribution >= 4 is 32.4 Å². The molecule has 0 aliphatic heterocycles. The first-order chi connectivity index (χ1) is 15.6. The maximum absolute atomic E-state index is 12.9. The molecule has 4 nitrogen and oxygen atoms in total. The Hall–Kier alpha value is -2.39. The minimum absolute atomic E-state index is 0.0320. The molecule has 33 heavy (non-hydrogen) atoms. The van der Waals surface area contributed by atoms with Crippen LogP contribution in [0.1, 0.15) is 30.5 Å². The van der Waals surface area contributed by atoms with Crippen LogP contribution in [-0.2, 0) is 16.2 Å². The number of rotatable bonds is 9.